The monoisotopic (exact) mass is 261 g/mol. The van der Waals surface area contributed by atoms with E-state index in [1.807, 2.05) is 13.0 Å². The summed E-state index contributed by atoms with van der Waals surface area (Å²) in [6.07, 6.45) is 1.75. The lowest BCUT2D eigenvalue weighted by molar-refractivity contribution is 0.0695. The molecule has 100 valence electrons. The summed E-state index contributed by atoms with van der Waals surface area (Å²) in [6, 6.07) is 8.95. The lowest BCUT2D eigenvalue weighted by atomic mass is 10.1. The minimum atomic E-state index is -1.26. The standard InChI is InChI=1S/C14H15NO4/c1-2-3-9-15-12(10-7-5-4-6-8-10)11(13(16)17)14(18)19-15/h4-8H,2-3,9H2,1H3,(H,16,17). The summed E-state index contributed by atoms with van der Waals surface area (Å²) in [5.74, 6) is -1.26. The quantitative estimate of drug-likeness (QED) is 0.897. The smallest absolute Gasteiger partial charge is 0.372 e. The minimum Gasteiger partial charge on any atom is -0.477 e. The van der Waals surface area contributed by atoms with Crippen LogP contribution in [-0.4, -0.2) is 15.8 Å². The molecule has 1 N–H and O–H groups in total. The van der Waals surface area contributed by atoms with Crippen LogP contribution in [0.15, 0.2) is 39.6 Å². The average Bonchev–Trinajstić information content (AvgIpc) is 2.74. The molecular formula is C14H15NO4. The Morgan fingerprint density at radius 2 is 2.00 bits per heavy atom. The van der Waals surface area contributed by atoms with Gasteiger partial charge in [0.05, 0.1) is 6.54 Å². The topological polar surface area (TPSA) is 72.4 Å². The maximum atomic E-state index is 11.7. The Hall–Kier alpha value is -2.30. The van der Waals surface area contributed by atoms with Gasteiger partial charge in [0, 0.05) is 5.56 Å². The van der Waals surface area contributed by atoms with Crippen LogP contribution in [0.1, 0.15) is 30.1 Å². The van der Waals surface area contributed by atoms with Crippen molar-refractivity contribution in [1.29, 1.82) is 0 Å². The Morgan fingerprint density at radius 1 is 1.32 bits per heavy atom. The van der Waals surface area contributed by atoms with E-state index in [0.29, 0.717) is 17.8 Å². The molecule has 1 aromatic carbocycles. The van der Waals surface area contributed by atoms with Crippen molar-refractivity contribution in [3.8, 4) is 11.3 Å². The molecule has 19 heavy (non-hydrogen) atoms. The summed E-state index contributed by atoms with van der Waals surface area (Å²) in [4.78, 5) is 22.9. The number of carbonyl (C=O) groups is 1. The summed E-state index contributed by atoms with van der Waals surface area (Å²) < 4.78 is 6.42. The normalized spacial score (nSPS) is 10.6. The van der Waals surface area contributed by atoms with Crippen LogP contribution in [-0.2, 0) is 6.54 Å². The number of aromatic carboxylic acids is 1. The van der Waals surface area contributed by atoms with Crippen LogP contribution in [0.2, 0.25) is 0 Å². The Kier molecular flexibility index (Phi) is 3.85. The number of benzene rings is 1. The van der Waals surface area contributed by atoms with Crippen molar-refractivity contribution >= 4 is 5.97 Å². The fourth-order valence-corrected chi connectivity index (χ4v) is 1.94. The van der Waals surface area contributed by atoms with E-state index in [0.717, 1.165) is 12.8 Å². The van der Waals surface area contributed by atoms with Gasteiger partial charge in [-0.05, 0) is 6.42 Å². The fourth-order valence-electron chi connectivity index (χ4n) is 1.94. The van der Waals surface area contributed by atoms with Crippen molar-refractivity contribution in [3.63, 3.8) is 0 Å². The highest BCUT2D eigenvalue weighted by Gasteiger charge is 2.24. The van der Waals surface area contributed by atoms with E-state index in [1.54, 1.807) is 24.3 Å². The van der Waals surface area contributed by atoms with Gasteiger partial charge in [-0.1, -0.05) is 43.7 Å². The van der Waals surface area contributed by atoms with Crippen molar-refractivity contribution in [2.24, 2.45) is 0 Å². The van der Waals surface area contributed by atoms with Gasteiger partial charge < -0.3 is 9.63 Å². The zero-order valence-electron chi connectivity index (χ0n) is 10.6. The molecule has 5 nitrogen and oxygen atoms in total. The molecule has 0 saturated carbocycles. The highest BCUT2D eigenvalue weighted by atomic mass is 16.5. The first-order valence-corrected chi connectivity index (χ1v) is 6.18. The second-order valence-corrected chi connectivity index (χ2v) is 4.23. The highest BCUT2D eigenvalue weighted by Crippen LogP contribution is 2.23. The summed E-state index contributed by atoms with van der Waals surface area (Å²) in [6.45, 7) is 2.51. The molecule has 2 aromatic rings. The number of rotatable bonds is 5. The molecule has 0 radical (unpaired) electrons. The first-order chi connectivity index (χ1) is 9.15. The van der Waals surface area contributed by atoms with Gasteiger partial charge in [0.1, 0.15) is 5.69 Å². The zero-order chi connectivity index (χ0) is 13.8. The largest absolute Gasteiger partial charge is 0.477 e. The van der Waals surface area contributed by atoms with Gasteiger partial charge in [-0.3, -0.25) is 0 Å². The molecule has 0 unspecified atom stereocenters. The number of carboxylic acid groups (broad SMARTS) is 1. The van der Waals surface area contributed by atoms with E-state index in [1.165, 1.54) is 4.74 Å². The SMILES string of the molecule is CCCCn1oc(=O)c(C(=O)O)c1-c1ccccc1. The predicted octanol–water partition coefficient (Wildman–Crippen LogP) is 2.61. The van der Waals surface area contributed by atoms with Gasteiger partial charge in [-0.15, -0.1) is 0 Å². The van der Waals surface area contributed by atoms with Crippen LogP contribution >= 0.6 is 0 Å². The number of hydrogen-bond donors (Lipinski definition) is 1. The maximum Gasteiger partial charge on any atom is 0.372 e. The number of aromatic nitrogens is 1. The molecule has 0 bridgehead atoms. The molecule has 0 atom stereocenters. The Morgan fingerprint density at radius 3 is 2.58 bits per heavy atom. The second kappa shape index (κ2) is 5.56. The number of aryl methyl sites for hydroxylation is 1. The fraction of sp³-hybridized carbons (Fsp3) is 0.286. The van der Waals surface area contributed by atoms with Gasteiger partial charge in [-0.25, -0.2) is 14.3 Å². The van der Waals surface area contributed by atoms with Crippen LogP contribution in [0.3, 0.4) is 0 Å². The molecule has 2 rings (SSSR count). The molecule has 1 aromatic heterocycles. The third kappa shape index (κ3) is 2.59. The molecule has 0 fully saturated rings. The molecule has 0 amide bonds. The van der Waals surface area contributed by atoms with E-state index < -0.39 is 11.6 Å². The van der Waals surface area contributed by atoms with Gasteiger partial charge in [-0.2, -0.15) is 0 Å². The van der Waals surface area contributed by atoms with Crippen molar-refractivity contribution in [2.75, 3.05) is 0 Å². The lowest BCUT2D eigenvalue weighted by Crippen LogP contribution is -2.09. The molecule has 0 aliphatic carbocycles. The Bertz CT molecular complexity index is 625. The van der Waals surface area contributed by atoms with Gasteiger partial charge in [0.2, 0.25) is 0 Å². The molecule has 5 heteroatoms. The molecular weight excluding hydrogens is 246 g/mol. The molecule has 1 heterocycles. The molecule has 0 aliphatic rings. The van der Waals surface area contributed by atoms with Crippen LogP contribution in [0.4, 0.5) is 0 Å². The van der Waals surface area contributed by atoms with Gasteiger partial charge in [0.25, 0.3) is 0 Å². The van der Waals surface area contributed by atoms with Crippen molar-refractivity contribution in [1.82, 2.24) is 4.74 Å². The van der Waals surface area contributed by atoms with Crippen molar-refractivity contribution in [3.05, 3.63) is 46.3 Å². The Labute approximate surface area is 110 Å². The van der Waals surface area contributed by atoms with E-state index in [9.17, 15) is 14.7 Å². The number of carboxylic acids is 1. The van der Waals surface area contributed by atoms with Crippen molar-refractivity contribution < 1.29 is 14.4 Å². The highest BCUT2D eigenvalue weighted by molar-refractivity contribution is 5.94. The van der Waals surface area contributed by atoms with Crippen LogP contribution in [0, 0.1) is 0 Å². The number of hydrogen-bond acceptors (Lipinski definition) is 3. The number of nitrogens with zero attached hydrogens (tertiary/aromatic N) is 1. The predicted molar refractivity (Wildman–Crippen MR) is 70.3 cm³/mol. The molecule has 0 spiro atoms. The van der Waals surface area contributed by atoms with Crippen molar-refractivity contribution in [2.45, 2.75) is 26.3 Å². The zero-order valence-corrected chi connectivity index (χ0v) is 10.6. The minimum absolute atomic E-state index is 0.303. The van der Waals surface area contributed by atoms with Crippen LogP contribution in [0.5, 0.6) is 0 Å². The third-order valence-corrected chi connectivity index (χ3v) is 2.86. The summed E-state index contributed by atoms with van der Waals surface area (Å²) in [5, 5.41) is 9.17. The maximum absolute atomic E-state index is 11.7. The van der Waals surface area contributed by atoms with E-state index in [4.69, 9.17) is 4.52 Å². The number of unbranched alkanes of at least 4 members (excludes halogenated alkanes) is 1. The van der Waals surface area contributed by atoms with Gasteiger partial charge >= 0.3 is 11.6 Å². The van der Waals surface area contributed by atoms with Crippen LogP contribution < -0.4 is 5.63 Å². The summed E-state index contributed by atoms with van der Waals surface area (Å²) in [7, 11) is 0. The first kappa shape index (κ1) is 13.1. The summed E-state index contributed by atoms with van der Waals surface area (Å²) in [5.41, 5.74) is -0.0989. The average molecular weight is 261 g/mol. The van der Waals surface area contributed by atoms with Crippen LogP contribution in [0.25, 0.3) is 11.3 Å². The molecule has 0 aliphatic heterocycles. The van der Waals surface area contributed by atoms with E-state index >= 15 is 0 Å². The third-order valence-electron chi connectivity index (χ3n) is 2.86. The summed E-state index contributed by atoms with van der Waals surface area (Å²) >= 11 is 0. The Balaban J connectivity index is 2.60. The lowest BCUT2D eigenvalue weighted by Gasteiger charge is -2.06. The molecule has 0 saturated heterocycles. The van der Waals surface area contributed by atoms with E-state index in [2.05, 4.69) is 0 Å². The first-order valence-electron chi connectivity index (χ1n) is 6.18. The van der Waals surface area contributed by atoms with Gasteiger partial charge in [0.15, 0.2) is 5.56 Å². The van der Waals surface area contributed by atoms with E-state index in [-0.39, 0.29) is 5.56 Å². The second-order valence-electron chi connectivity index (χ2n) is 4.23.